The van der Waals surface area contributed by atoms with Gasteiger partial charge in [0.15, 0.2) is 0 Å². The lowest BCUT2D eigenvalue weighted by Gasteiger charge is -2.30. The fraction of sp³-hybridized carbons (Fsp3) is 0.423. The summed E-state index contributed by atoms with van der Waals surface area (Å²) < 4.78 is 5.75. The van der Waals surface area contributed by atoms with Gasteiger partial charge in [0.25, 0.3) is 11.7 Å². The third kappa shape index (κ3) is 4.40. The first-order chi connectivity index (χ1) is 15.6. The van der Waals surface area contributed by atoms with Crippen LogP contribution in [0.5, 0.6) is 5.75 Å². The normalized spacial score (nSPS) is 20.8. The number of Topliss-reactive ketones (excluding diaryl/α,β-unsaturated/α-hetero) is 1. The van der Waals surface area contributed by atoms with E-state index in [9.17, 15) is 14.7 Å². The first-order valence-electron chi connectivity index (χ1n) is 11.5. The number of aliphatic hydroxyl groups is 1. The molecular formula is C26H30N2O4. The summed E-state index contributed by atoms with van der Waals surface area (Å²) in [5, 5.41) is 11.2. The van der Waals surface area contributed by atoms with E-state index in [1.807, 2.05) is 6.07 Å². The second-order valence-electron chi connectivity index (χ2n) is 8.51. The number of likely N-dealkylation sites (tertiary alicyclic amines) is 1. The standard InChI is InChI=1S/C26H30N2O4/c1-2-3-6-16-32-21-13-11-18(12-14-21)24(29)22-23(19-8-7-15-27-17-19)28(26(31)25(22)30)20-9-4-5-10-20/h7-8,11-15,17,20,23,29H,2-6,9-10,16H2,1H3/b24-22-. The van der Waals surface area contributed by atoms with Gasteiger partial charge in [-0.1, -0.05) is 38.7 Å². The van der Waals surface area contributed by atoms with E-state index in [-0.39, 0.29) is 17.4 Å². The van der Waals surface area contributed by atoms with Crippen LogP contribution in [0.3, 0.4) is 0 Å². The molecule has 0 bridgehead atoms. The van der Waals surface area contributed by atoms with Crippen LogP contribution in [0.15, 0.2) is 54.4 Å². The Hall–Kier alpha value is -3.15. The number of aromatic nitrogens is 1. The lowest BCUT2D eigenvalue weighted by atomic mass is 9.95. The molecule has 1 saturated heterocycles. The van der Waals surface area contributed by atoms with Crippen molar-refractivity contribution in [2.75, 3.05) is 6.61 Å². The molecule has 2 heterocycles. The van der Waals surface area contributed by atoms with Gasteiger partial charge >= 0.3 is 0 Å². The smallest absolute Gasteiger partial charge is 0.295 e. The maximum absolute atomic E-state index is 13.1. The van der Waals surface area contributed by atoms with Gasteiger partial charge in [-0.25, -0.2) is 0 Å². The highest BCUT2D eigenvalue weighted by molar-refractivity contribution is 6.46. The molecule has 1 saturated carbocycles. The van der Waals surface area contributed by atoms with Crippen molar-refractivity contribution in [3.8, 4) is 5.75 Å². The third-order valence-corrected chi connectivity index (χ3v) is 6.34. The molecule has 2 aliphatic rings. The molecule has 6 nitrogen and oxygen atoms in total. The number of aliphatic hydroxyl groups excluding tert-OH is 1. The summed E-state index contributed by atoms with van der Waals surface area (Å²) in [7, 11) is 0. The van der Waals surface area contributed by atoms with Crippen LogP contribution in [0.4, 0.5) is 0 Å². The molecule has 1 aromatic heterocycles. The Labute approximate surface area is 188 Å². The summed E-state index contributed by atoms with van der Waals surface area (Å²) in [6.45, 7) is 2.79. The van der Waals surface area contributed by atoms with Crippen molar-refractivity contribution in [1.29, 1.82) is 0 Å². The van der Waals surface area contributed by atoms with E-state index in [2.05, 4.69) is 11.9 Å². The SMILES string of the molecule is CCCCCOc1ccc(/C(O)=C2/C(=O)C(=O)N(C3CCCC3)C2c2cccnc2)cc1. The highest BCUT2D eigenvalue weighted by Crippen LogP contribution is 2.43. The number of amides is 1. The largest absolute Gasteiger partial charge is 0.507 e. The van der Waals surface area contributed by atoms with Crippen LogP contribution < -0.4 is 4.74 Å². The van der Waals surface area contributed by atoms with E-state index in [0.717, 1.165) is 50.5 Å². The van der Waals surface area contributed by atoms with Gasteiger partial charge in [0.2, 0.25) is 0 Å². The minimum absolute atomic E-state index is 0.000790. The molecule has 0 radical (unpaired) electrons. The molecule has 6 heteroatoms. The Bertz CT molecular complexity index is 979. The van der Waals surface area contributed by atoms with Crippen LogP contribution in [0.1, 0.15) is 69.0 Å². The Morgan fingerprint density at radius 3 is 2.53 bits per heavy atom. The van der Waals surface area contributed by atoms with Crippen LogP contribution in [-0.2, 0) is 9.59 Å². The van der Waals surface area contributed by atoms with Gasteiger partial charge < -0.3 is 14.7 Å². The number of hydrogen-bond acceptors (Lipinski definition) is 5. The van der Waals surface area contributed by atoms with Gasteiger partial charge in [0, 0.05) is 24.0 Å². The van der Waals surface area contributed by atoms with Crippen molar-refractivity contribution >= 4 is 17.4 Å². The van der Waals surface area contributed by atoms with Gasteiger partial charge in [-0.3, -0.25) is 14.6 Å². The Kier molecular flexibility index (Phi) is 6.88. The molecule has 4 rings (SSSR count). The van der Waals surface area contributed by atoms with E-state index < -0.39 is 17.7 Å². The van der Waals surface area contributed by atoms with Crippen LogP contribution in [0.2, 0.25) is 0 Å². The molecule has 32 heavy (non-hydrogen) atoms. The maximum Gasteiger partial charge on any atom is 0.295 e. The molecular weight excluding hydrogens is 404 g/mol. The minimum atomic E-state index is -0.636. The van der Waals surface area contributed by atoms with Crippen LogP contribution in [-0.4, -0.2) is 39.3 Å². The van der Waals surface area contributed by atoms with Crippen molar-refractivity contribution in [2.24, 2.45) is 0 Å². The van der Waals surface area contributed by atoms with Crippen molar-refractivity contribution in [2.45, 2.75) is 64.0 Å². The first kappa shape index (κ1) is 22.1. The fourth-order valence-corrected chi connectivity index (χ4v) is 4.68. The number of benzene rings is 1. The molecule has 1 amide bonds. The van der Waals surface area contributed by atoms with Crippen molar-refractivity contribution in [3.05, 3.63) is 65.5 Å². The number of carbonyl (C=O) groups excluding carboxylic acids is 2. The quantitative estimate of drug-likeness (QED) is 0.273. The van der Waals surface area contributed by atoms with E-state index in [0.29, 0.717) is 17.9 Å². The summed E-state index contributed by atoms with van der Waals surface area (Å²) in [6.07, 6.45) is 10.4. The molecule has 1 unspecified atom stereocenters. The summed E-state index contributed by atoms with van der Waals surface area (Å²) >= 11 is 0. The summed E-state index contributed by atoms with van der Waals surface area (Å²) in [4.78, 5) is 32.0. The average molecular weight is 435 g/mol. The van der Waals surface area contributed by atoms with Crippen LogP contribution >= 0.6 is 0 Å². The van der Waals surface area contributed by atoms with E-state index in [1.165, 1.54) is 0 Å². The molecule has 1 aliphatic heterocycles. The Morgan fingerprint density at radius 2 is 1.88 bits per heavy atom. The number of rotatable bonds is 8. The van der Waals surface area contributed by atoms with Gasteiger partial charge in [-0.05, 0) is 55.2 Å². The average Bonchev–Trinajstić information content (AvgIpc) is 3.44. The molecule has 2 fully saturated rings. The van der Waals surface area contributed by atoms with Gasteiger partial charge in [0.05, 0.1) is 18.2 Å². The number of nitrogens with zero attached hydrogens (tertiary/aromatic N) is 2. The number of unbranched alkanes of at least 4 members (excludes halogenated alkanes) is 2. The maximum atomic E-state index is 13.1. The second-order valence-corrected chi connectivity index (χ2v) is 8.51. The second kappa shape index (κ2) is 9.98. The summed E-state index contributed by atoms with van der Waals surface area (Å²) in [5.41, 5.74) is 1.35. The van der Waals surface area contributed by atoms with Crippen molar-refractivity contribution in [3.63, 3.8) is 0 Å². The molecule has 1 atom stereocenters. The number of ether oxygens (including phenoxy) is 1. The lowest BCUT2D eigenvalue weighted by Crippen LogP contribution is -2.37. The molecule has 0 spiro atoms. The Morgan fingerprint density at radius 1 is 1.12 bits per heavy atom. The zero-order valence-electron chi connectivity index (χ0n) is 18.5. The monoisotopic (exact) mass is 434 g/mol. The molecule has 1 aliphatic carbocycles. The predicted molar refractivity (Wildman–Crippen MR) is 122 cm³/mol. The van der Waals surface area contributed by atoms with E-state index in [4.69, 9.17) is 4.74 Å². The zero-order chi connectivity index (χ0) is 22.5. The van der Waals surface area contributed by atoms with E-state index >= 15 is 0 Å². The number of carbonyl (C=O) groups is 2. The van der Waals surface area contributed by atoms with E-state index in [1.54, 1.807) is 47.6 Å². The first-order valence-corrected chi connectivity index (χ1v) is 11.5. The molecule has 1 aromatic carbocycles. The molecule has 168 valence electrons. The van der Waals surface area contributed by atoms with Crippen LogP contribution in [0, 0.1) is 0 Å². The highest BCUT2D eigenvalue weighted by atomic mass is 16.5. The highest BCUT2D eigenvalue weighted by Gasteiger charge is 2.49. The van der Waals surface area contributed by atoms with Crippen LogP contribution in [0.25, 0.3) is 5.76 Å². The minimum Gasteiger partial charge on any atom is -0.507 e. The van der Waals surface area contributed by atoms with Gasteiger partial charge in [-0.2, -0.15) is 0 Å². The Balaban J connectivity index is 1.67. The molecule has 2 aromatic rings. The van der Waals surface area contributed by atoms with Gasteiger partial charge in [-0.15, -0.1) is 0 Å². The van der Waals surface area contributed by atoms with Crippen molar-refractivity contribution in [1.82, 2.24) is 9.88 Å². The lowest BCUT2D eigenvalue weighted by molar-refractivity contribution is -0.141. The third-order valence-electron chi connectivity index (χ3n) is 6.34. The van der Waals surface area contributed by atoms with Gasteiger partial charge in [0.1, 0.15) is 11.5 Å². The van der Waals surface area contributed by atoms with Crippen molar-refractivity contribution < 1.29 is 19.4 Å². The zero-order valence-corrected chi connectivity index (χ0v) is 18.5. The topological polar surface area (TPSA) is 79.7 Å². The number of pyridine rings is 1. The number of ketones is 1. The molecule has 1 N–H and O–H groups in total. The predicted octanol–water partition coefficient (Wildman–Crippen LogP) is 5.01. The summed E-state index contributed by atoms with van der Waals surface area (Å²) in [6, 6.07) is 10.0. The fourth-order valence-electron chi connectivity index (χ4n) is 4.68. The summed E-state index contributed by atoms with van der Waals surface area (Å²) in [5.74, 6) is -0.616. The number of hydrogen-bond donors (Lipinski definition) is 1.